The van der Waals surface area contributed by atoms with Crippen LogP contribution in [0.4, 0.5) is 0 Å². The molecule has 0 spiro atoms. The molecular weight excluding hydrogens is 112 g/mol. The third kappa shape index (κ3) is 1.39. The fourth-order valence-electron chi connectivity index (χ4n) is 0.588. The van der Waals surface area contributed by atoms with E-state index in [9.17, 15) is 4.79 Å². The Bertz CT molecular complexity index is 255. The third-order valence-electron chi connectivity index (χ3n) is 1.12. The quantitative estimate of drug-likeness (QED) is 0.518. The average molecular weight is 121 g/mol. The average Bonchev–Trinajstić information content (AvgIpc) is 1.88. The molecule has 0 fully saturated rings. The Morgan fingerprint density at radius 2 is 2.33 bits per heavy atom. The van der Waals surface area contributed by atoms with Gasteiger partial charge in [-0.05, 0) is 6.92 Å². The van der Waals surface area contributed by atoms with Crippen LogP contribution < -0.4 is 0 Å². The standard InChI is InChI=1S/C8H8O/c1-7-2-4-8(6-9)5-3-7/h2-6H,1H3/i4D. The monoisotopic (exact) mass is 121 g/mol. The van der Waals surface area contributed by atoms with Gasteiger partial charge in [-0.15, -0.1) is 0 Å². The van der Waals surface area contributed by atoms with Gasteiger partial charge >= 0.3 is 0 Å². The van der Waals surface area contributed by atoms with Gasteiger partial charge in [0.1, 0.15) is 6.29 Å². The second-order valence-electron chi connectivity index (χ2n) is 1.94. The number of aryl methyl sites for hydroxylation is 1. The summed E-state index contributed by atoms with van der Waals surface area (Å²) in [6, 6.07) is 5.45. The van der Waals surface area contributed by atoms with Gasteiger partial charge in [0.2, 0.25) is 0 Å². The molecule has 0 aromatic heterocycles. The minimum atomic E-state index is 0.301. The summed E-state index contributed by atoms with van der Waals surface area (Å²) in [5.74, 6) is 0. The van der Waals surface area contributed by atoms with Crippen molar-refractivity contribution in [3.63, 3.8) is 0 Å². The number of hydrogen-bond donors (Lipinski definition) is 0. The highest BCUT2D eigenvalue weighted by Gasteiger charge is 1.85. The maximum Gasteiger partial charge on any atom is 0.150 e. The topological polar surface area (TPSA) is 17.1 Å². The Balaban J connectivity index is 3.19. The molecule has 0 radical (unpaired) electrons. The van der Waals surface area contributed by atoms with Crippen LogP contribution >= 0.6 is 0 Å². The number of hydrogen-bond acceptors (Lipinski definition) is 1. The fourth-order valence-corrected chi connectivity index (χ4v) is 0.588. The number of carbonyl (C=O) groups is 1. The first kappa shape index (κ1) is 4.74. The van der Waals surface area contributed by atoms with Gasteiger partial charge in [0.25, 0.3) is 0 Å². The van der Waals surface area contributed by atoms with Crippen molar-refractivity contribution in [1.82, 2.24) is 0 Å². The van der Waals surface area contributed by atoms with Crippen molar-refractivity contribution < 1.29 is 6.17 Å². The summed E-state index contributed by atoms with van der Waals surface area (Å²) in [6.45, 7) is 1.90. The highest BCUT2D eigenvalue weighted by Crippen LogP contribution is 1.98. The van der Waals surface area contributed by atoms with Gasteiger partial charge in [-0.25, -0.2) is 0 Å². The molecule has 9 heavy (non-hydrogen) atoms. The van der Waals surface area contributed by atoms with Gasteiger partial charge in [0.15, 0.2) is 0 Å². The van der Waals surface area contributed by atoms with Crippen molar-refractivity contribution >= 4 is 6.29 Å². The van der Waals surface area contributed by atoms with Crippen LogP contribution in [0, 0.1) is 6.92 Å². The Morgan fingerprint density at radius 1 is 1.56 bits per heavy atom. The van der Waals surface area contributed by atoms with E-state index in [1.165, 1.54) is 0 Å². The Morgan fingerprint density at radius 3 is 2.89 bits per heavy atom. The Kier molecular flexibility index (Phi) is 1.29. The van der Waals surface area contributed by atoms with Crippen LogP contribution in [-0.2, 0) is 0 Å². The van der Waals surface area contributed by atoms with Crippen LogP contribution in [0.1, 0.15) is 17.3 Å². The Hall–Kier alpha value is -1.11. The molecular formula is C8H8O. The predicted octanol–water partition coefficient (Wildman–Crippen LogP) is 1.81. The fraction of sp³-hybridized carbons (Fsp3) is 0.125. The molecule has 1 heteroatoms. The van der Waals surface area contributed by atoms with E-state index in [1.54, 1.807) is 12.1 Å². The molecule has 0 unspecified atom stereocenters. The maximum absolute atomic E-state index is 10.2. The van der Waals surface area contributed by atoms with Crippen LogP contribution in [-0.4, -0.2) is 6.29 Å². The largest absolute Gasteiger partial charge is 0.298 e. The zero-order valence-electron chi connectivity index (χ0n) is 6.22. The second-order valence-corrected chi connectivity index (χ2v) is 1.94. The van der Waals surface area contributed by atoms with Gasteiger partial charge < -0.3 is 0 Å². The molecule has 0 amide bonds. The van der Waals surface area contributed by atoms with Gasteiger partial charge in [-0.2, -0.15) is 0 Å². The van der Waals surface area contributed by atoms with Crippen molar-refractivity contribution in [2.24, 2.45) is 0 Å². The van der Waals surface area contributed by atoms with E-state index in [-0.39, 0.29) is 0 Å². The lowest BCUT2D eigenvalue weighted by atomic mass is 10.2. The van der Waals surface area contributed by atoms with Crippen LogP contribution in [0.15, 0.2) is 24.2 Å². The molecule has 0 heterocycles. The summed E-state index contributed by atoms with van der Waals surface area (Å²) in [5, 5.41) is 0. The van der Waals surface area contributed by atoms with Crippen molar-refractivity contribution in [3.8, 4) is 0 Å². The highest BCUT2D eigenvalue weighted by atomic mass is 16.1. The molecule has 0 saturated heterocycles. The number of rotatable bonds is 1. The summed E-state index contributed by atoms with van der Waals surface area (Å²) in [4.78, 5) is 10.2. The molecule has 0 aliphatic rings. The number of aldehydes is 1. The van der Waals surface area contributed by atoms with Crippen LogP contribution in [0.5, 0.6) is 0 Å². The lowest BCUT2D eigenvalue weighted by molar-refractivity contribution is 0.112. The van der Waals surface area contributed by atoms with Crippen LogP contribution in [0.3, 0.4) is 0 Å². The molecule has 1 rings (SSSR count). The second kappa shape index (κ2) is 2.44. The van der Waals surface area contributed by atoms with Crippen LogP contribution in [0.25, 0.3) is 0 Å². The number of carbonyl (C=O) groups excluding carboxylic acids is 1. The van der Waals surface area contributed by atoms with Gasteiger partial charge in [-0.3, -0.25) is 4.79 Å². The summed E-state index contributed by atoms with van der Waals surface area (Å²) in [5.41, 5.74) is 1.46. The minimum Gasteiger partial charge on any atom is -0.298 e. The first-order chi connectivity index (χ1) is 4.74. The smallest absolute Gasteiger partial charge is 0.150 e. The zero-order chi connectivity index (χ0) is 7.56. The lowest BCUT2D eigenvalue weighted by Crippen LogP contribution is -1.77. The minimum absolute atomic E-state index is 0.301. The van der Waals surface area contributed by atoms with Crippen molar-refractivity contribution in [3.05, 3.63) is 35.4 Å². The van der Waals surface area contributed by atoms with Crippen LogP contribution in [0.2, 0.25) is 0 Å². The van der Waals surface area contributed by atoms with Crippen molar-refractivity contribution in [2.75, 3.05) is 0 Å². The lowest BCUT2D eigenvalue weighted by Gasteiger charge is -1.89. The highest BCUT2D eigenvalue weighted by molar-refractivity contribution is 5.74. The molecule has 0 bridgehead atoms. The van der Waals surface area contributed by atoms with E-state index in [2.05, 4.69) is 0 Å². The Labute approximate surface area is 55.7 Å². The SMILES string of the molecule is [2H]c1cc(C)ccc1C=O. The van der Waals surface area contributed by atoms with E-state index in [0.717, 1.165) is 5.56 Å². The van der Waals surface area contributed by atoms with E-state index in [0.29, 0.717) is 17.9 Å². The molecule has 0 atom stereocenters. The summed E-state index contributed by atoms with van der Waals surface area (Å²) in [6.07, 6.45) is 0.696. The number of benzene rings is 1. The van der Waals surface area contributed by atoms with Crippen molar-refractivity contribution in [1.29, 1.82) is 0 Å². The van der Waals surface area contributed by atoms with E-state index >= 15 is 0 Å². The molecule has 46 valence electrons. The first-order valence-electron chi connectivity index (χ1n) is 3.26. The summed E-state index contributed by atoms with van der Waals surface area (Å²) in [7, 11) is 0. The molecule has 1 aromatic carbocycles. The summed E-state index contributed by atoms with van der Waals surface area (Å²) >= 11 is 0. The van der Waals surface area contributed by atoms with Gasteiger partial charge in [0, 0.05) is 5.56 Å². The van der Waals surface area contributed by atoms with E-state index in [1.807, 2.05) is 13.0 Å². The zero-order valence-corrected chi connectivity index (χ0v) is 5.22. The molecule has 0 aliphatic carbocycles. The third-order valence-corrected chi connectivity index (χ3v) is 1.12. The van der Waals surface area contributed by atoms with Crippen molar-refractivity contribution in [2.45, 2.75) is 6.92 Å². The molecule has 0 N–H and O–H groups in total. The summed E-state index contributed by atoms with van der Waals surface area (Å²) < 4.78 is 7.28. The van der Waals surface area contributed by atoms with E-state index in [4.69, 9.17) is 1.37 Å². The van der Waals surface area contributed by atoms with Gasteiger partial charge in [0.05, 0.1) is 1.37 Å². The molecule has 1 nitrogen and oxygen atoms in total. The molecule has 0 saturated carbocycles. The van der Waals surface area contributed by atoms with E-state index < -0.39 is 0 Å². The maximum atomic E-state index is 10.2. The first-order valence-corrected chi connectivity index (χ1v) is 2.76. The normalized spacial score (nSPS) is 10.6. The van der Waals surface area contributed by atoms with Gasteiger partial charge in [-0.1, -0.05) is 29.8 Å². The molecule has 0 aliphatic heterocycles. The molecule has 1 aromatic rings. The predicted molar refractivity (Wildman–Crippen MR) is 36.6 cm³/mol.